The maximum atomic E-state index is 12.3. The Labute approximate surface area is 330 Å². The van der Waals surface area contributed by atoms with Crippen LogP contribution in [0.4, 0.5) is 11.4 Å². The van der Waals surface area contributed by atoms with Crippen molar-refractivity contribution in [2.24, 2.45) is 0 Å². The van der Waals surface area contributed by atoms with Crippen LogP contribution in [0.1, 0.15) is 21.5 Å². The standard InChI is InChI=1S/C20H14BrN3OS.C14H12N2S.C5H4BrN.CO2/c1-12-2-8-16-17(10-12)26-20(24-16)13-3-6-15(7-4-13)23-19(25)14-5-9-18(21)22-11-14;1-9-2-7-12-13(8-9)17-14(16-12)10-3-5-11(15)6-4-10;6-5-3-1-2-4-7-5;2-1-3/h2-11H,1H3,(H,23,25);2-8H,15H2,1H3;1-4H;. The zero-order chi connectivity index (χ0) is 37.7. The van der Waals surface area contributed by atoms with E-state index in [1.165, 1.54) is 26.7 Å². The molecule has 0 fully saturated rings. The number of hydrogen-bond donors (Lipinski definition) is 2. The Morgan fingerprint density at radius 1 is 0.679 bits per heavy atom. The monoisotopic (exact) mass is 864 g/mol. The van der Waals surface area contributed by atoms with E-state index in [9.17, 15) is 4.79 Å². The van der Waals surface area contributed by atoms with Crippen LogP contribution in [0.15, 0.2) is 137 Å². The number of thiazole rings is 2. The highest BCUT2D eigenvalue weighted by atomic mass is 79.9. The fourth-order valence-corrected chi connectivity index (χ4v) is 7.33. The normalized spacial score (nSPS) is 10.1. The molecule has 0 aliphatic heterocycles. The van der Waals surface area contributed by atoms with E-state index in [0.29, 0.717) is 10.2 Å². The van der Waals surface area contributed by atoms with Crippen molar-refractivity contribution in [2.75, 3.05) is 11.1 Å². The Morgan fingerprint density at radius 3 is 1.66 bits per heavy atom. The number of nitrogens with one attached hydrogen (secondary N) is 1. The van der Waals surface area contributed by atoms with E-state index < -0.39 is 0 Å². The lowest BCUT2D eigenvalue weighted by molar-refractivity contribution is -0.191. The van der Waals surface area contributed by atoms with E-state index >= 15 is 0 Å². The summed E-state index contributed by atoms with van der Waals surface area (Å²) in [4.78, 5) is 45.8. The number of amides is 1. The molecule has 4 aromatic carbocycles. The number of hydrogen-bond acceptors (Lipinski definition) is 10. The number of benzene rings is 4. The summed E-state index contributed by atoms with van der Waals surface area (Å²) in [7, 11) is 0. The summed E-state index contributed by atoms with van der Waals surface area (Å²) in [6.45, 7) is 4.18. The third kappa shape index (κ3) is 11.3. The molecule has 0 unspecified atom stereocenters. The summed E-state index contributed by atoms with van der Waals surface area (Å²) in [5.41, 5.74) is 14.4. The van der Waals surface area contributed by atoms with Crippen LogP contribution in [0.2, 0.25) is 0 Å². The van der Waals surface area contributed by atoms with Gasteiger partial charge in [-0.2, -0.15) is 9.59 Å². The predicted octanol–water partition coefficient (Wildman–Crippen LogP) is 10.8. The number of halogens is 2. The first-order chi connectivity index (χ1) is 25.6. The fraction of sp³-hybridized carbons (Fsp3) is 0.0500. The number of nitrogen functional groups attached to an aromatic ring is 1. The molecule has 0 aliphatic carbocycles. The number of aryl methyl sites for hydroxylation is 2. The van der Waals surface area contributed by atoms with Crippen LogP contribution in [-0.4, -0.2) is 32.0 Å². The molecule has 0 bridgehead atoms. The highest BCUT2D eigenvalue weighted by Gasteiger charge is 2.10. The quantitative estimate of drug-likeness (QED) is 0.132. The third-order valence-electron chi connectivity index (χ3n) is 7.25. The number of aromatic nitrogens is 4. The first kappa shape index (κ1) is 38.8. The molecule has 0 aliphatic rings. The van der Waals surface area contributed by atoms with Gasteiger partial charge in [-0.25, -0.2) is 19.9 Å². The average Bonchev–Trinajstić information content (AvgIpc) is 3.78. The van der Waals surface area contributed by atoms with Crippen molar-refractivity contribution < 1.29 is 14.4 Å². The van der Waals surface area contributed by atoms with Gasteiger partial charge in [-0.1, -0.05) is 18.2 Å². The minimum absolute atomic E-state index is 0.187. The second-order valence-corrected chi connectivity index (χ2v) is 14.9. The Balaban J connectivity index is 0.000000170. The smallest absolute Gasteiger partial charge is 0.373 e. The van der Waals surface area contributed by atoms with Gasteiger partial charge in [0.05, 0.1) is 26.0 Å². The number of nitrogens with two attached hydrogens (primary N) is 1. The largest absolute Gasteiger partial charge is 0.399 e. The number of anilines is 2. The Kier molecular flexibility index (Phi) is 13.8. The van der Waals surface area contributed by atoms with Crippen LogP contribution in [0.25, 0.3) is 41.6 Å². The maximum Gasteiger partial charge on any atom is 0.373 e. The van der Waals surface area contributed by atoms with E-state index in [1.54, 1.807) is 41.0 Å². The van der Waals surface area contributed by atoms with E-state index in [1.807, 2.05) is 72.8 Å². The van der Waals surface area contributed by atoms with Crippen LogP contribution in [-0.2, 0) is 9.59 Å². The Bertz CT molecular complexity index is 2470. The third-order valence-corrected chi connectivity index (χ3v) is 10.3. The Morgan fingerprint density at radius 2 is 1.21 bits per heavy atom. The van der Waals surface area contributed by atoms with Crippen LogP contribution in [0.5, 0.6) is 0 Å². The van der Waals surface area contributed by atoms with E-state index in [2.05, 4.69) is 101 Å². The van der Waals surface area contributed by atoms with Crippen molar-refractivity contribution in [2.45, 2.75) is 13.8 Å². The molecule has 264 valence electrons. The van der Waals surface area contributed by atoms with Crippen molar-refractivity contribution in [3.05, 3.63) is 154 Å². The van der Waals surface area contributed by atoms with Gasteiger partial charge < -0.3 is 11.1 Å². The zero-order valence-corrected chi connectivity index (χ0v) is 33.1. The van der Waals surface area contributed by atoms with Gasteiger partial charge in [0.15, 0.2) is 0 Å². The molecule has 8 rings (SSSR count). The molecule has 8 aromatic rings. The molecular formula is C40H30Br2N6O3S2. The first-order valence-corrected chi connectivity index (χ1v) is 19.0. The first-order valence-electron chi connectivity index (χ1n) is 15.8. The minimum atomic E-state index is -0.187. The van der Waals surface area contributed by atoms with Gasteiger partial charge in [0, 0.05) is 34.9 Å². The van der Waals surface area contributed by atoms with Crippen LogP contribution < -0.4 is 11.1 Å². The SMILES string of the molecule is Brc1ccccn1.Cc1ccc2nc(-c3ccc(N)cc3)sc2c1.Cc1ccc2nc(-c3ccc(NC(=O)c4ccc(Br)nc4)cc3)sc2c1.O=C=O. The van der Waals surface area contributed by atoms with Crippen molar-refractivity contribution in [3.8, 4) is 21.1 Å². The van der Waals surface area contributed by atoms with Crippen molar-refractivity contribution in [1.82, 2.24) is 19.9 Å². The molecule has 3 N–H and O–H groups in total. The van der Waals surface area contributed by atoms with E-state index in [-0.39, 0.29) is 12.1 Å². The Hall–Kier alpha value is -5.43. The number of carbonyl (C=O) groups is 1. The highest BCUT2D eigenvalue weighted by molar-refractivity contribution is 9.10. The van der Waals surface area contributed by atoms with Crippen molar-refractivity contribution >= 4 is 98.4 Å². The molecule has 53 heavy (non-hydrogen) atoms. The lowest BCUT2D eigenvalue weighted by Crippen LogP contribution is -2.11. The molecule has 13 heteroatoms. The number of fused-ring (bicyclic) bond motifs is 2. The van der Waals surface area contributed by atoms with Gasteiger partial charge in [-0.3, -0.25) is 4.79 Å². The maximum absolute atomic E-state index is 12.3. The summed E-state index contributed by atoms with van der Waals surface area (Å²) in [6, 6.07) is 37.3. The molecule has 0 saturated carbocycles. The lowest BCUT2D eigenvalue weighted by atomic mass is 10.2. The number of rotatable bonds is 4. The van der Waals surface area contributed by atoms with E-state index in [4.69, 9.17) is 15.3 Å². The van der Waals surface area contributed by atoms with Crippen LogP contribution >= 0.6 is 54.5 Å². The van der Waals surface area contributed by atoms with Crippen molar-refractivity contribution in [3.63, 3.8) is 0 Å². The summed E-state index contributed by atoms with van der Waals surface area (Å²) in [6.07, 6.45) is 3.53. The molecule has 0 radical (unpaired) electrons. The van der Waals surface area contributed by atoms with Crippen LogP contribution in [0.3, 0.4) is 0 Å². The van der Waals surface area contributed by atoms with Gasteiger partial charge in [0.2, 0.25) is 0 Å². The molecule has 4 aromatic heterocycles. The van der Waals surface area contributed by atoms with Gasteiger partial charge >= 0.3 is 6.15 Å². The molecule has 0 spiro atoms. The van der Waals surface area contributed by atoms with Gasteiger partial charge in [0.25, 0.3) is 5.91 Å². The second kappa shape index (κ2) is 18.9. The molecular weight excluding hydrogens is 836 g/mol. The van der Waals surface area contributed by atoms with Gasteiger partial charge in [0.1, 0.15) is 19.2 Å². The molecule has 1 amide bonds. The topological polar surface area (TPSA) is 141 Å². The van der Waals surface area contributed by atoms with E-state index in [0.717, 1.165) is 48.2 Å². The lowest BCUT2D eigenvalue weighted by Gasteiger charge is -2.05. The van der Waals surface area contributed by atoms with Crippen LogP contribution in [0, 0.1) is 13.8 Å². The number of nitrogens with zero attached hydrogens (tertiary/aromatic N) is 4. The molecule has 4 heterocycles. The predicted molar refractivity (Wildman–Crippen MR) is 221 cm³/mol. The molecule has 0 saturated heterocycles. The summed E-state index contributed by atoms with van der Waals surface area (Å²) < 4.78 is 4.00. The zero-order valence-electron chi connectivity index (χ0n) is 28.3. The molecule has 9 nitrogen and oxygen atoms in total. The second-order valence-electron chi connectivity index (χ2n) is 11.2. The van der Waals surface area contributed by atoms with Gasteiger partial charge in [-0.15, -0.1) is 22.7 Å². The minimum Gasteiger partial charge on any atom is -0.399 e. The average molecular weight is 867 g/mol. The summed E-state index contributed by atoms with van der Waals surface area (Å²) >= 11 is 9.85. The molecule has 0 atom stereocenters. The summed E-state index contributed by atoms with van der Waals surface area (Å²) in [5, 5.41) is 4.90. The van der Waals surface area contributed by atoms with Gasteiger partial charge in [-0.05, 0) is 154 Å². The fourth-order valence-electron chi connectivity index (χ4n) is 4.69. The number of carbonyl (C=O) groups excluding carboxylic acids is 3. The number of pyridine rings is 2. The summed E-state index contributed by atoms with van der Waals surface area (Å²) in [5.74, 6) is -0.187. The van der Waals surface area contributed by atoms with Crippen molar-refractivity contribution in [1.29, 1.82) is 0 Å². The highest BCUT2D eigenvalue weighted by Crippen LogP contribution is 2.32.